The standard InChI is InChI=1S/C23H33N3O4/c1-22(2,3)30-20(28)24-15-9-7-13-23-14-8-10-16-26(23)21(29)25(19(23)27)17-18-11-5-4-6-12-18/h4-6,11-12H,7-10,13-17H2,1-3H3,(H,24,28). The number of hydrogen-bond donors (Lipinski definition) is 1. The Kier molecular flexibility index (Phi) is 6.68. The minimum absolute atomic E-state index is 0.0730. The molecule has 2 heterocycles. The first-order valence-electron chi connectivity index (χ1n) is 10.9. The third-order valence-electron chi connectivity index (χ3n) is 5.71. The number of urea groups is 1. The Morgan fingerprint density at radius 1 is 1.13 bits per heavy atom. The maximum Gasteiger partial charge on any atom is 0.407 e. The van der Waals surface area contributed by atoms with Gasteiger partial charge in [-0.25, -0.2) is 9.59 Å². The fourth-order valence-electron chi connectivity index (χ4n) is 4.34. The van der Waals surface area contributed by atoms with Crippen molar-refractivity contribution >= 4 is 18.0 Å². The quantitative estimate of drug-likeness (QED) is 0.538. The molecule has 0 aliphatic carbocycles. The number of nitrogens with zero attached hydrogens (tertiary/aromatic N) is 2. The Labute approximate surface area is 178 Å². The second-order valence-electron chi connectivity index (χ2n) is 9.19. The maximum atomic E-state index is 13.4. The molecule has 0 spiro atoms. The first kappa shape index (κ1) is 22.1. The molecule has 0 saturated carbocycles. The summed E-state index contributed by atoms with van der Waals surface area (Å²) in [7, 11) is 0. The van der Waals surface area contributed by atoms with E-state index >= 15 is 0 Å². The van der Waals surface area contributed by atoms with E-state index in [-0.39, 0.29) is 11.9 Å². The van der Waals surface area contributed by atoms with Crippen LogP contribution in [0.25, 0.3) is 0 Å². The number of ether oxygens (including phenoxy) is 1. The summed E-state index contributed by atoms with van der Waals surface area (Å²) in [5, 5.41) is 2.76. The number of alkyl carbamates (subject to hydrolysis) is 1. The number of benzene rings is 1. The van der Waals surface area contributed by atoms with E-state index in [0.29, 0.717) is 32.5 Å². The van der Waals surface area contributed by atoms with Crippen LogP contribution in [-0.4, -0.2) is 52.1 Å². The van der Waals surface area contributed by atoms with Crippen LogP contribution in [0.5, 0.6) is 0 Å². The van der Waals surface area contributed by atoms with Gasteiger partial charge in [0, 0.05) is 13.1 Å². The van der Waals surface area contributed by atoms with E-state index in [1.807, 2.05) is 51.1 Å². The van der Waals surface area contributed by atoms with Gasteiger partial charge < -0.3 is 15.0 Å². The molecule has 7 nitrogen and oxygen atoms in total. The lowest BCUT2D eigenvalue weighted by Gasteiger charge is -2.39. The molecule has 1 aromatic rings. The Bertz CT molecular complexity index is 774. The van der Waals surface area contributed by atoms with Crippen LogP contribution in [0.4, 0.5) is 9.59 Å². The van der Waals surface area contributed by atoms with E-state index in [4.69, 9.17) is 4.74 Å². The van der Waals surface area contributed by atoms with Crippen molar-refractivity contribution in [1.82, 2.24) is 15.1 Å². The summed E-state index contributed by atoms with van der Waals surface area (Å²) in [4.78, 5) is 41.4. The zero-order valence-corrected chi connectivity index (χ0v) is 18.3. The third-order valence-corrected chi connectivity index (χ3v) is 5.71. The number of hydrogen-bond acceptors (Lipinski definition) is 4. The first-order valence-corrected chi connectivity index (χ1v) is 10.9. The lowest BCUT2D eigenvalue weighted by molar-refractivity contribution is -0.135. The molecule has 7 heteroatoms. The molecule has 0 bridgehead atoms. The van der Waals surface area contributed by atoms with Crippen LogP contribution in [0, 0.1) is 0 Å². The number of imide groups is 1. The van der Waals surface area contributed by atoms with E-state index in [9.17, 15) is 14.4 Å². The average Bonchev–Trinajstić information content (AvgIpc) is 2.89. The fourth-order valence-corrected chi connectivity index (χ4v) is 4.34. The molecule has 2 aliphatic rings. The fraction of sp³-hybridized carbons (Fsp3) is 0.609. The summed E-state index contributed by atoms with van der Waals surface area (Å²) in [6.45, 7) is 6.91. The normalized spacial score (nSPS) is 21.6. The van der Waals surface area contributed by atoms with Gasteiger partial charge in [-0.1, -0.05) is 30.3 Å². The van der Waals surface area contributed by atoms with Gasteiger partial charge in [0.25, 0.3) is 5.91 Å². The number of fused-ring (bicyclic) bond motifs is 1. The molecule has 164 valence electrons. The molecule has 1 aromatic carbocycles. The van der Waals surface area contributed by atoms with E-state index in [1.54, 1.807) is 4.90 Å². The predicted molar refractivity (Wildman–Crippen MR) is 114 cm³/mol. The van der Waals surface area contributed by atoms with Crippen molar-refractivity contribution in [2.24, 2.45) is 0 Å². The van der Waals surface area contributed by atoms with Crippen molar-refractivity contribution in [3.05, 3.63) is 35.9 Å². The molecule has 3 rings (SSSR count). The number of piperidine rings is 1. The highest BCUT2D eigenvalue weighted by Crippen LogP contribution is 2.40. The van der Waals surface area contributed by atoms with Crippen molar-refractivity contribution in [2.75, 3.05) is 13.1 Å². The largest absolute Gasteiger partial charge is 0.444 e. The summed E-state index contributed by atoms with van der Waals surface area (Å²) < 4.78 is 5.24. The van der Waals surface area contributed by atoms with E-state index < -0.39 is 17.2 Å². The molecule has 2 aliphatic heterocycles. The van der Waals surface area contributed by atoms with Crippen molar-refractivity contribution in [1.29, 1.82) is 0 Å². The van der Waals surface area contributed by atoms with Crippen LogP contribution in [0.3, 0.4) is 0 Å². The van der Waals surface area contributed by atoms with Crippen LogP contribution >= 0.6 is 0 Å². The summed E-state index contributed by atoms with van der Waals surface area (Å²) in [6, 6.07) is 9.46. The molecule has 1 N–H and O–H groups in total. The van der Waals surface area contributed by atoms with Gasteiger partial charge in [0.15, 0.2) is 0 Å². The minimum atomic E-state index is -0.726. The Hall–Kier alpha value is -2.57. The molecular weight excluding hydrogens is 382 g/mol. The van der Waals surface area contributed by atoms with Gasteiger partial charge in [0.2, 0.25) is 0 Å². The van der Waals surface area contributed by atoms with E-state index in [0.717, 1.165) is 31.2 Å². The Morgan fingerprint density at radius 3 is 2.57 bits per heavy atom. The highest BCUT2D eigenvalue weighted by Gasteiger charge is 2.57. The second-order valence-corrected chi connectivity index (χ2v) is 9.19. The maximum absolute atomic E-state index is 13.4. The monoisotopic (exact) mass is 415 g/mol. The van der Waals surface area contributed by atoms with Crippen LogP contribution < -0.4 is 5.32 Å². The zero-order valence-electron chi connectivity index (χ0n) is 18.3. The van der Waals surface area contributed by atoms with Gasteiger partial charge in [-0.3, -0.25) is 9.69 Å². The summed E-state index contributed by atoms with van der Waals surface area (Å²) in [5.74, 6) is -0.0730. The number of carbonyl (C=O) groups is 3. The number of unbranched alkanes of at least 4 members (excludes halogenated alkanes) is 1. The second kappa shape index (κ2) is 9.06. The topological polar surface area (TPSA) is 79.0 Å². The van der Waals surface area contributed by atoms with Crippen LogP contribution in [0.2, 0.25) is 0 Å². The Morgan fingerprint density at radius 2 is 1.87 bits per heavy atom. The van der Waals surface area contributed by atoms with Crippen molar-refractivity contribution < 1.29 is 19.1 Å². The molecular formula is C23H33N3O4. The van der Waals surface area contributed by atoms with Gasteiger partial charge >= 0.3 is 12.1 Å². The summed E-state index contributed by atoms with van der Waals surface area (Å²) in [5.41, 5.74) is -0.295. The van der Waals surface area contributed by atoms with Crippen LogP contribution in [-0.2, 0) is 16.1 Å². The SMILES string of the molecule is CC(C)(C)OC(=O)NCCCCC12CCCCN1C(=O)N(Cc1ccccc1)C2=O. The van der Waals surface area contributed by atoms with Crippen molar-refractivity contribution in [3.63, 3.8) is 0 Å². The third kappa shape index (κ3) is 4.94. The van der Waals surface area contributed by atoms with Gasteiger partial charge in [-0.2, -0.15) is 0 Å². The van der Waals surface area contributed by atoms with Gasteiger partial charge in [-0.05, 0) is 64.9 Å². The lowest BCUT2D eigenvalue weighted by Crippen LogP contribution is -2.52. The molecule has 1 atom stereocenters. The van der Waals surface area contributed by atoms with Crippen LogP contribution in [0.15, 0.2) is 30.3 Å². The van der Waals surface area contributed by atoms with Crippen molar-refractivity contribution in [2.45, 2.75) is 77.0 Å². The smallest absolute Gasteiger partial charge is 0.407 e. The molecule has 1 unspecified atom stereocenters. The Balaban J connectivity index is 1.58. The average molecular weight is 416 g/mol. The molecule has 30 heavy (non-hydrogen) atoms. The highest BCUT2D eigenvalue weighted by molar-refractivity contribution is 6.07. The molecule has 0 aromatic heterocycles. The number of nitrogens with one attached hydrogen (secondary N) is 1. The van der Waals surface area contributed by atoms with Crippen molar-refractivity contribution in [3.8, 4) is 0 Å². The summed E-state index contributed by atoms with van der Waals surface area (Å²) >= 11 is 0. The predicted octanol–water partition coefficient (Wildman–Crippen LogP) is 4.07. The number of rotatable bonds is 7. The number of amides is 4. The summed E-state index contributed by atoms with van der Waals surface area (Å²) in [6.07, 6.45) is 4.27. The van der Waals surface area contributed by atoms with Gasteiger partial charge in [-0.15, -0.1) is 0 Å². The lowest BCUT2D eigenvalue weighted by atomic mass is 9.82. The van der Waals surface area contributed by atoms with Gasteiger partial charge in [0.05, 0.1) is 6.54 Å². The molecule has 2 saturated heterocycles. The molecule has 4 amide bonds. The van der Waals surface area contributed by atoms with Crippen LogP contribution in [0.1, 0.15) is 64.9 Å². The van der Waals surface area contributed by atoms with E-state index in [1.165, 1.54) is 4.90 Å². The highest BCUT2D eigenvalue weighted by atomic mass is 16.6. The minimum Gasteiger partial charge on any atom is -0.444 e. The number of carbonyl (C=O) groups excluding carboxylic acids is 3. The van der Waals surface area contributed by atoms with E-state index in [2.05, 4.69) is 5.32 Å². The molecule has 2 fully saturated rings. The molecule has 0 radical (unpaired) electrons. The van der Waals surface area contributed by atoms with Gasteiger partial charge in [0.1, 0.15) is 11.1 Å². The zero-order chi connectivity index (χ0) is 21.8. The first-order chi connectivity index (χ1) is 14.2.